The Morgan fingerprint density at radius 2 is 1.64 bits per heavy atom. The Labute approximate surface area is 145 Å². The molecule has 0 atom stereocenters. The minimum atomic E-state index is -0.314. The molecule has 1 N–H and O–H groups in total. The Balaban J connectivity index is 1.57. The quantitative estimate of drug-likeness (QED) is 0.575. The maximum Gasteiger partial charge on any atom is 0.224 e. The zero-order valence-corrected chi connectivity index (χ0v) is 13.5. The van der Waals surface area contributed by atoms with Crippen LogP contribution in [-0.4, -0.2) is 5.91 Å². The lowest BCUT2D eigenvalue weighted by Crippen LogP contribution is -2.24. The van der Waals surface area contributed by atoms with Gasteiger partial charge in [0.15, 0.2) is 12.4 Å². The van der Waals surface area contributed by atoms with E-state index in [2.05, 4.69) is 5.32 Å². The van der Waals surface area contributed by atoms with Crippen LogP contribution in [0.5, 0.6) is 0 Å². The van der Waals surface area contributed by atoms with E-state index in [0.29, 0.717) is 6.54 Å². The molecule has 25 heavy (non-hydrogen) atoms. The molecule has 5 heteroatoms. The summed E-state index contributed by atoms with van der Waals surface area (Å²) in [4.78, 5) is 12.0. The van der Waals surface area contributed by atoms with Crippen LogP contribution < -0.4 is 10.0 Å². The third-order valence-electron chi connectivity index (χ3n) is 3.83. The first-order valence-electron chi connectivity index (χ1n) is 7.89. The third kappa shape index (κ3) is 4.64. The number of pyridine rings is 1. The van der Waals surface area contributed by atoms with Gasteiger partial charge in [0.1, 0.15) is 5.82 Å². The lowest BCUT2D eigenvalue weighted by molar-refractivity contribution is -0.605. The number of hydrogen-bond donors (Lipinski definition) is 1. The summed E-state index contributed by atoms with van der Waals surface area (Å²) < 4.78 is 13.8. The summed E-state index contributed by atoms with van der Waals surface area (Å²) >= 11 is 0. The standard InChI is InChI=1S/C20H17FN2O2/c21-19-3-1-2-16(12-19)14-22-20(24)13-15-4-6-17(7-5-15)18-8-10-23(25)11-9-18/h1-12H,13-14H2,(H,22,24). The summed E-state index contributed by atoms with van der Waals surface area (Å²) in [6.45, 7) is 0.299. The number of rotatable bonds is 5. The van der Waals surface area contributed by atoms with Crippen molar-refractivity contribution in [2.24, 2.45) is 0 Å². The molecule has 2 aromatic carbocycles. The molecule has 0 aliphatic rings. The van der Waals surface area contributed by atoms with E-state index in [1.54, 1.807) is 24.3 Å². The molecule has 1 heterocycles. The van der Waals surface area contributed by atoms with E-state index in [-0.39, 0.29) is 18.1 Å². The van der Waals surface area contributed by atoms with Crippen molar-refractivity contribution in [1.29, 1.82) is 0 Å². The molecule has 1 amide bonds. The molecular formula is C20H17FN2O2. The molecule has 0 aliphatic carbocycles. The fraction of sp³-hybridized carbons (Fsp3) is 0.100. The third-order valence-corrected chi connectivity index (χ3v) is 3.83. The second-order valence-electron chi connectivity index (χ2n) is 5.73. The van der Waals surface area contributed by atoms with Gasteiger partial charge in [-0.3, -0.25) is 4.79 Å². The lowest BCUT2D eigenvalue weighted by Gasteiger charge is -2.07. The topological polar surface area (TPSA) is 56.0 Å². The van der Waals surface area contributed by atoms with Crippen molar-refractivity contribution in [2.75, 3.05) is 0 Å². The Morgan fingerprint density at radius 3 is 2.32 bits per heavy atom. The van der Waals surface area contributed by atoms with Gasteiger partial charge in [-0.05, 0) is 34.4 Å². The molecule has 0 saturated heterocycles. The number of aromatic nitrogens is 1. The number of nitrogens with one attached hydrogen (secondary N) is 1. The normalized spacial score (nSPS) is 10.4. The molecule has 3 aromatic rings. The van der Waals surface area contributed by atoms with E-state index >= 15 is 0 Å². The fourth-order valence-electron chi connectivity index (χ4n) is 2.52. The van der Waals surface area contributed by atoms with Crippen LogP contribution in [0.4, 0.5) is 4.39 Å². The van der Waals surface area contributed by atoms with Crippen LogP contribution in [0.15, 0.2) is 73.1 Å². The molecule has 0 fully saturated rings. The molecule has 126 valence electrons. The van der Waals surface area contributed by atoms with E-state index < -0.39 is 0 Å². The van der Waals surface area contributed by atoms with E-state index in [9.17, 15) is 14.4 Å². The minimum Gasteiger partial charge on any atom is -0.619 e. The van der Waals surface area contributed by atoms with Crippen LogP contribution in [0.1, 0.15) is 11.1 Å². The number of carbonyl (C=O) groups excluding carboxylic acids is 1. The molecule has 0 bridgehead atoms. The molecular weight excluding hydrogens is 319 g/mol. The van der Waals surface area contributed by atoms with Gasteiger partial charge >= 0.3 is 0 Å². The van der Waals surface area contributed by atoms with Gasteiger partial charge in [0.25, 0.3) is 0 Å². The molecule has 0 aliphatic heterocycles. The maximum atomic E-state index is 13.1. The Hall–Kier alpha value is -3.21. The van der Waals surface area contributed by atoms with E-state index in [1.807, 2.05) is 24.3 Å². The van der Waals surface area contributed by atoms with Gasteiger partial charge in [-0.15, -0.1) is 0 Å². The lowest BCUT2D eigenvalue weighted by atomic mass is 10.0. The number of carbonyl (C=O) groups is 1. The van der Waals surface area contributed by atoms with Gasteiger partial charge in [0, 0.05) is 18.7 Å². The average molecular weight is 336 g/mol. The molecule has 0 radical (unpaired) electrons. The first-order chi connectivity index (χ1) is 12.1. The van der Waals surface area contributed by atoms with Crippen LogP contribution in [0.2, 0.25) is 0 Å². The monoisotopic (exact) mass is 336 g/mol. The van der Waals surface area contributed by atoms with Gasteiger partial charge in [0.05, 0.1) is 6.42 Å². The second kappa shape index (κ2) is 7.57. The van der Waals surface area contributed by atoms with E-state index in [1.165, 1.54) is 24.5 Å². The van der Waals surface area contributed by atoms with Crippen LogP contribution in [0, 0.1) is 11.0 Å². The van der Waals surface area contributed by atoms with Gasteiger partial charge in [-0.2, -0.15) is 4.73 Å². The first-order valence-corrected chi connectivity index (χ1v) is 7.89. The van der Waals surface area contributed by atoms with Gasteiger partial charge in [-0.25, -0.2) is 4.39 Å². The van der Waals surface area contributed by atoms with Crippen molar-refractivity contribution in [3.8, 4) is 11.1 Å². The van der Waals surface area contributed by atoms with Crippen LogP contribution in [0.25, 0.3) is 11.1 Å². The van der Waals surface area contributed by atoms with Crippen LogP contribution >= 0.6 is 0 Å². The number of hydrogen-bond acceptors (Lipinski definition) is 2. The summed E-state index contributed by atoms with van der Waals surface area (Å²) in [5, 5.41) is 13.8. The smallest absolute Gasteiger partial charge is 0.224 e. The SMILES string of the molecule is O=C(Cc1ccc(-c2cc[n+]([O-])cc2)cc1)NCc1cccc(F)c1. The Bertz CT molecular complexity index is 862. The zero-order valence-electron chi connectivity index (χ0n) is 13.5. The maximum absolute atomic E-state index is 13.1. The molecule has 4 nitrogen and oxygen atoms in total. The van der Waals surface area contributed by atoms with Crippen molar-refractivity contribution in [1.82, 2.24) is 5.32 Å². The van der Waals surface area contributed by atoms with Crippen molar-refractivity contribution >= 4 is 5.91 Å². The number of benzene rings is 2. The predicted molar refractivity (Wildman–Crippen MR) is 92.8 cm³/mol. The summed E-state index contributed by atoms with van der Waals surface area (Å²) in [6.07, 6.45) is 3.15. The molecule has 0 unspecified atom stereocenters. The number of amides is 1. The molecule has 3 rings (SSSR count). The summed E-state index contributed by atoms with van der Waals surface area (Å²) in [5.41, 5.74) is 3.53. The van der Waals surface area contributed by atoms with E-state index in [4.69, 9.17) is 0 Å². The highest BCUT2D eigenvalue weighted by molar-refractivity contribution is 5.78. The van der Waals surface area contributed by atoms with Gasteiger partial charge < -0.3 is 10.5 Å². The summed E-state index contributed by atoms with van der Waals surface area (Å²) in [6, 6.07) is 17.2. The highest BCUT2D eigenvalue weighted by atomic mass is 19.1. The zero-order chi connectivity index (χ0) is 17.6. The fourth-order valence-corrected chi connectivity index (χ4v) is 2.52. The van der Waals surface area contributed by atoms with Gasteiger partial charge in [-0.1, -0.05) is 36.4 Å². The Morgan fingerprint density at radius 1 is 0.960 bits per heavy atom. The van der Waals surface area contributed by atoms with Crippen molar-refractivity contribution < 1.29 is 13.9 Å². The second-order valence-corrected chi connectivity index (χ2v) is 5.73. The van der Waals surface area contributed by atoms with Gasteiger partial charge in [0.2, 0.25) is 5.91 Å². The average Bonchev–Trinajstić information content (AvgIpc) is 2.62. The molecule has 0 saturated carbocycles. The first kappa shape index (κ1) is 16.6. The van der Waals surface area contributed by atoms with Crippen molar-refractivity contribution in [3.63, 3.8) is 0 Å². The number of nitrogens with zero attached hydrogens (tertiary/aromatic N) is 1. The molecule has 0 spiro atoms. The minimum absolute atomic E-state index is 0.121. The molecule has 1 aromatic heterocycles. The summed E-state index contributed by atoms with van der Waals surface area (Å²) in [7, 11) is 0. The van der Waals surface area contributed by atoms with E-state index in [0.717, 1.165) is 27.0 Å². The summed E-state index contributed by atoms with van der Waals surface area (Å²) in [5.74, 6) is -0.435. The largest absolute Gasteiger partial charge is 0.619 e. The Kier molecular flexibility index (Phi) is 5.04. The number of halogens is 1. The predicted octanol–water partition coefficient (Wildman–Crippen LogP) is 2.99. The highest BCUT2D eigenvalue weighted by Gasteiger charge is 2.05. The highest BCUT2D eigenvalue weighted by Crippen LogP contribution is 2.18. The van der Waals surface area contributed by atoms with Crippen molar-refractivity contribution in [3.05, 3.63) is 95.2 Å². The van der Waals surface area contributed by atoms with Crippen LogP contribution in [0.3, 0.4) is 0 Å². The van der Waals surface area contributed by atoms with Crippen LogP contribution in [-0.2, 0) is 17.8 Å². The van der Waals surface area contributed by atoms with Crippen molar-refractivity contribution in [2.45, 2.75) is 13.0 Å².